The number of likely N-dealkylation sites (N-methyl/N-ethyl adjacent to an activating group) is 1. The number of benzene rings is 3. The number of ketones is 1. The van der Waals surface area contributed by atoms with Gasteiger partial charge in [-0.2, -0.15) is 4.98 Å². The predicted octanol–water partition coefficient (Wildman–Crippen LogP) is 7.81. The van der Waals surface area contributed by atoms with Crippen LogP contribution in [0, 0.1) is 0 Å². The molecule has 1 aromatic heterocycles. The topological polar surface area (TPSA) is 127 Å². The Hall–Kier alpha value is -5.17. The van der Waals surface area contributed by atoms with Crippen molar-refractivity contribution in [2.45, 2.75) is 63.5 Å². The minimum atomic E-state index is -0.209. The monoisotopic (exact) mass is 791 g/mol. The molecule has 0 saturated carbocycles. The number of allylic oxidation sites excluding steroid dienone is 1. The van der Waals surface area contributed by atoms with E-state index in [0.717, 1.165) is 94.1 Å². The zero-order valence-electron chi connectivity index (χ0n) is 33.2. The van der Waals surface area contributed by atoms with E-state index in [-0.39, 0.29) is 17.7 Å². The second kappa shape index (κ2) is 18.4. The summed E-state index contributed by atoms with van der Waals surface area (Å²) in [5.74, 6) is 1.94. The van der Waals surface area contributed by atoms with Gasteiger partial charge in [-0.25, -0.2) is 4.98 Å². The number of halogens is 1. The van der Waals surface area contributed by atoms with E-state index >= 15 is 0 Å². The Bertz CT molecular complexity index is 2050. The number of anilines is 6. The van der Waals surface area contributed by atoms with Crippen LogP contribution in [-0.4, -0.2) is 97.0 Å². The molecule has 4 heterocycles. The molecule has 0 aliphatic carbocycles. The van der Waals surface area contributed by atoms with Gasteiger partial charge in [0.2, 0.25) is 11.9 Å². The molecular weight excluding hydrogens is 738 g/mol. The molecule has 0 radical (unpaired) electrons. The van der Waals surface area contributed by atoms with Gasteiger partial charge < -0.3 is 40.7 Å². The standard InChI is InChI=1S/C44H54ClN9O3/c1-29-11-17-40(43(56)47-29)48-33-14-12-31(13-15-33)32-19-22-53(23-20-32)25-24-52(3)35-8-7-21-54(28-35)34-16-18-39(41(26-34)57-4)50-44-46-27-37(45)42(51-44)49-38-10-6-5-9-36(38)30(2)55/h5-6,9-10,12-16,18,26-27,32,35,40,48H,1,7-8,11,17,19-25,28H2,2-4H3,(H,47,56)(H2,46,49,50,51)/t35-,40?/m0/s1. The summed E-state index contributed by atoms with van der Waals surface area (Å²) in [6, 6.07) is 22.4. The molecule has 4 aromatic rings. The average molecular weight is 792 g/mol. The van der Waals surface area contributed by atoms with Crippen molar-refractivity contribution >= 4 is 57.8 Å². The number of ether oxygens (including phenoxy) is 1. The lowest BCUT2D eigenvalue weighted by molar-refractivity contribution is -0.122. The number of hydrogen-bond acceptors (Lipinski definition) is 11. The van der Waals surface area contributed by atoms with Crippen LogP contribution in [0.5, 0.6) is 5.75 Å². The van der Waals surface area contributed by atoms with E-state index in [2.05, 4.69) is 96.0 Å². The fourth-order valence-electron chi connectivity index (χ4n) is 8.13. The average Bonchev–Trinajstić information content (AvgIpc) is 3.23. The maximum atomic E-state index is 12.3. The number of para-hydroxylation sites is 1. The summed E-state index contributed by atoms with van der Waals surface area (Å²) in [5, 5.41) is 13.1. The highest BCUT2D eigenvalue weighted by Gasteiger charge is 2.27. The fourth-order valence-corrected chi connectivity index (χ4v) is 8.26. The summed E-state index contributed by atoms with van der Waals surface area (Å²) < 4.78 is 5.84. The number of piperidine rings is 3. The zero-order valence-corrected chi connectivity index (χ0v) is 33.9. The fraction of sp³-hybridized carbons (Fsp3) is 0.409. The van der Waals surface area contributed by atoms with Crippen molar-refractivity contribution in [1.82, 2.24) is 25.1 Å². The highest BCUT2D eigenvalue weighted by atomic mass is 35.5. The zero-order chi connectivity index (χ0) is 39.9. The number of rotatable bonds is 14. The molecule has 12 nitrogen and oxygen atoms in total. The number of nitrogens with zero attached hydrogens (tertiary/aromatic N) is 5. The lowest BCUT2D eigenvalue weighted by Crippen LogP contribution is -2.49. The lowest BCUT2D eigenvalue weighted by Gasteiger charge is -2.40. The number of hydrogen-bond donors (Lipinski definition) is 4. The SMILES string of the molecule is C=C1CCC(Nc2ccc(C3CCN(CCN(C)[C@H]4CCCN(c5ccc(Nc6ncc(Cl)c(Nc7ccccc7C(C)=O)n6)c(OC)c5)C4)CC3)cc2)C(=O)N1. The van der Waals surface area contributed by atoms with Crippen LogP contribution in [0.2, 0.25) is 5.02 Å². The summed E-state index contributed by atoms with van der Waals surface area (Å²) in [7, 11) is 3.94. The molecule has 1 unspecified atom stereocenters. The maximum Gasteiger partial charge on any atom is 0.246 e. The molecule has 3 aliphatic heterocycles. The number of amides is 1. The normalized spacial score (nSPS) is 19.3. The molecule has 0 bridgehead atoms. The molecular formula is C44H54ClN9O3. The molecule has 300 valence electrons. The molecule has 7 rings (SSSR count). The Morgan fingerprint density at radius 1 is 1.02 bits per heavy atom. The number of methoxy groups -OCH3 is 1. The quantitative estimate of drug-likeness (QED) is 0.0935. The molecule has 3 fully saturated rings. The second-order valence-corrected chi connectivity index (χ2v) is 15.8. The number of aromatic nitrogens is 2. The predicted molar refractivity (Wildman–Crippen MR) is 230 cm³/mol. The van der Waals surface area contributed by atoms with E-state index in [1.165, 1.54) is 25.1 Å². The van der Waals surface area contributed by atoms with Gasteiger partial charge in [0.15, 0.2) is 11.6 Å². The Labute approximate surface area is 341 Å². The first kappa shape index (κ1) is 40.0. The smallest absolute Gasteiger partial charge is 0.246 e. The number of nitrogens with one attached hydrogen (secondary N) is 4. The molecule has 13 heteroatoms. The van der Waals surface area contributed by atoms with E-state index in [9.17, 15) is 9.59 Å². The van der Waals surface area contributed by atoms with Crippen molar-refractivity contribution in [3.63, 3.8) is 0 Å². The first-order valence-corrected chi connectivity index (χ1v) is 20.4. The molecule has 57 heavy (non-hydrogen) atoms. The highest BCUT2D eigenvalue weighted by Crippen LogP contribution is 2.35. The molecule has 3 aliphatic rings. The van der Waals surface area contributed by atoms with Crippen molar-refractivity contribution in [2.24, 2.45) is 0 Å². The first-order valence-electron chi connectivity index (χ1n) is 20.0. The van der Waals surface area contributed by atoms with Crippen LogP contribution < -0.4 is 30.9 Å². The van der Waals surface area contributed by atoms with Gasteiger partial charge in [-0.15, -0.1) is 0 Å². The van der Waals surface area contributed by atoms with Crippen LogP contribution in [0.4, 0.5) is 34.5 Å². The molecule has 2 atom stereocenters. The number of likely N-dealkylation sites (tertiary alicyclic amines) is 1. The lowest BCUT2D eigenvalue weighted by atomic mass is 9.89. The van der Waals surface area contributed by atoms with E-state index in [1.807, 2.05) is 24.3 Å². The summed E-state index contributed by atoms with van der Waals surface area (Å²) in [6.07, 6.45) is 7.73. The molecule has 1 amide bonds. The van der Waals surface area contributed by atoms with E-state index < -0.39 is 0 Å². The molecule has 3 aromatic carbocycles. The van der Waals surface area contributed by atoms with Crippen LogP contribution >= 0.6 is 11.6 Å². The van der Waals surface area contributed by atoms with Crippen molar-refractivity contribution in [1.29, 1.82) is 0 Å². The summed E-state index contributed by atoms with van der Waals surface area (Å²) in [4.78, 5) is 41.1. The second-order valence-electron chi connectivity index (χ2n) is 15.4. The van der Waals surface area contributed by atoms with Crippen molar-refractivity contribution in [2.75, 3.05) is 74.3 Å². The minimum absolute atomic E-state index is 0.000861. The van der Waals surface area contributed by atoms with E-state index in [0.29, 0.717) is 45.7 Å². The Morgan fingerprint density at radius 3 is 2.56 bits per heavy atom. The molecule has 4 N–H and O–H groups in total. The van der Waals surface area contributed by atoms with Crippen LogP contribution in [0.25, 0.3) is 0 Å². The largest absolute Gasteiger partial charge is 0.494 e. The maximum absolute atomic E-state index is 12.3. The third-order valence-electron chi connectivity index (χ3n) is 11.6. The third kappa shape index (κ3) is 10.0. The van der Waals surface area contributed by atoms with Crippen molar-refractivity contribution in [3.05, 3.63) is 101 Å². The highest BCUT2D eigenvalue weighted by molar-refractivity contribution is 6.33. The summed E-state index contributed by atoms with van der Waals surface area (Å²) in [6.45, 7) is 11.7. The number of carbonyl (C=O) groups excluding carboxylic acids is 2. The molecule has 3 saturated heterocycles. The van der Waals surface area contributed by atoms with Crippen molar-refractivity contribution < 1.29 is 14.3 Å². The third-order valence-corrected chi connectivity index (χ3v) is 11.8. The summed E-state index contributed by atoms with van der Waals surface area (Å²) in [5.41, 5.74) is 6.20. The van der Waals surface area contributed by atoms with E-state index in [1.54, 1.807) is 13.2 Å². The minimum Gasteiger partial charge on any atom is -0.494 e. The van der Waals surface area contributed by atoms with Gasteiger partial charge in [0.1, 0.15) is 16.8 Å². The Balaban J connectivity index is 0.887. The summed E-state index contributed by atoms with van der Waals surface area (Å²) >= 11 is 6.45. The Morgan fingerprint density at radius 2 is 1.81 bits per heavy atom. The van der Waals surface area contributed by atoms with Crippen molar-refractivity contribution in [3.8, 4) is 5.75 Å². The van der Waals surface area contributed by atoms with Gasteiger partial charge in [0.25, 0.3) is 0 Å². The van der Waals surface area contributed by atoms with Gasteiger partial charge in [0, 0.05) is 60.9 Å². The van der Waals surface area contributed by atoms with Gasteiger partial charge in [-0.3, -0.25) is 9.59 Å². The van der Waals surface area contributed by atoms with Crippen LogP contribution in [0.1, 0.15) is 67.3 Å². The first-order chi connectivity index (χ1) is 27.6. The molecule has 0 spiro atoms. The van der Waals surface area contributed by atoms with Gasteiger partial charge in [-0.05, 0) is 113 Å². The van der Waals surface area contributed by atoms with E-state index in [4.69, 9.17) is 16.3 Å². The van der Waals surface area contributed by atoms with Crippen LogP contribution in [-0.2, 0) is 4.79 Å². The van der Waals surface area contributed by atoms with Gasteiger partial charge in [-0.1, -0.05) is 42.4 Å². The Kier molecular flexibility index (Phi) is 12.9. The number of Topliss-reactive ketones (excluding diaryl/α,β-unsaturated/α-hetero) is 1. The van der Waals surface area contributed by atoms with Crippen LogP contribution in [0.15, 0.2) is 85.2 Å². The number of carbonyl (C=O) groups is 2. The van der Waals surface area contributed by atoms with Gasteiger partial charge in [0.05, 0.1) is 24.7 Å². The van der Waals surface area contributed by atoms with Gasteiger partial charge >= 0.3 is 0 Å². The van der Waals surface area contributed by atoms with Crippen LogP contribution in [0.3, 0.4) is 0 Å².